The van der Waals surface area contributed by atoms with Crippen LogP contribution in [0.25, 0.3) is 0 Å². The molecule has 0 aromatic heterocycles. The number of hydrogen-bond acceptors (Lipinski definition) is 0. The Hall–Kier alpha value is -0.350. The Morgan fingerprint density at radius 2 is 2.20 bits per heavy atom. The molecule has 0 saturated carbocycles. The zero-order chi connectivity index (χ0) is 11.3. The van der Waals surface area contributed by atoms with E-state index in [2.05, 4.69) is 45.7 Å². The van der Waals surface area contributed by atoms with Crippen LogP contribution < -0.4 is 0 Å². The van der Waals surface area contributed by atoms with Crippen LogP contribution in [0, 0.1) is 5.92 Å². The fourth-order valence-corrected chi connectivity index (χ4v) is 2.86. The van der Waals surface area contributed by atoms with Crippen molar-refractivity contribution < 1.29 is 0 Å². The molecule has 0 aromatic rings. The van der Waals surface area contributed by atoms with Crippen molar-refractivity contribution in [1.29, 1.82) is 0 Å². The first-order valence-corrected chi connectivity index (χ1v) is 7.47. The van der Waals surface area contributed by atoms with Crippen LogP contribution in [0.2, 0.25) is 0 Å². The van der Waals surface area contributed by atoms with E-state index in [4.69, 9.17) is 0 Å². The van der Waals surface area contributed by atoms with Crippen molar-refractivity contribution in [3.8, 4) is 0 Å². The maximum atomic E-state index is 2.36. The molecule has 15 heavy (non-hydrogen) atoms. The van der Waals surface area contributed by atoms with Crippen LogP contribution in [0.1, 0.15) is 40.0 Å². The third kappa shape index (κ3) is 3.31. The van der Waals surface area contributed by atoms with Crippen molar-refractivity contribution in [3.05, 3.63) is 34.7 Å². The molecule has 0 N–H and O–H groups in total. The summed E-state index contributed by atoms with van der Waals surface area (Å²) in [7, 11) is 0.930. The summed E-state index contributed by atoms with van der Waals surface area (Å²) in [6, 6.07) is 0. The van der Waals surface area contributed by atoms with Crippen molar-refractivity contribution in [2.45, 2.75) is 40.0 Å². The molecule has 2 atom stereocenters. The van der Waals surface area contributed by atoms with Crippen LogP contribution in [0.3, 0.4) is 0 Å². The Kier molecular flexibility index (Phi) is 5.32. The quantitative estimate of drug-likeness (QED) is 0.594. The highest BCUT2D eigenvalue weighted by Gasteiger charge is 2.12. The van der Waals surface area contributed by atoms with E-state index in [0.717, 1.165) is 14.5 Å². The first-order chi connectivity index (χ1) is 7.22. The minimum Gasteiger partial charge on any atom is -0.0937 e. The monoisotopic (exact) mass is 222 g/mol. The summed E-state index contributed by atoms with van der Waals surface area (Å²) in [4.78, 5) is 0. The van der Waals surface area contributed by atoms with E-state index >= 15 is 0 Å². The van der Waals surface area contributed by atoms with Gasteiger partial charge in [0.05, 0.1) is 0 Å². The molecule has 0 bridgehead atoms. The molecular weight excluding hydrogens is 199 g/mol. The van der Waals surface area contributed by atoms with Gasteiger partial charge in [-0.3, -0.25) is 0 Å². The van der Waals surface area contributed by atoms with Crippen molar-refractivity contribution in [2.24, 2.45) is 5.92 Å². The topological polar surface area (TPSA) is 0 Å². The number of rotatable bonds is 4. The van der Waals surface area contributed by atoms with Crippen LogP contribution in [-0.4, -0.2) is 6.66 Å². The molecule has 0 heterocycles. The summed E-state index contributed by atoms with van der Waals surface area (Å²) in [5.74, 6) is 0.765. The standard InChI is InChI=1S/C14H23P/c1-5-11(3)12-7-9-13(10-8-12)14(6-2)15-4/h6-7,9,11,15H,5,8,10H2,1-4H3/b14-6-. The Morgan fingerprint density at radius 3 is 2.60 bits per heavy atom. The Balaban J connectivity index is 2.76. The predicted molar refractivity (Wildman–Crippen MR) is 72.9 cm³/mol. The zero-order valence-electron chi connectivity index (χ0n) is 10.4. The fourth-order valence-electron chi connectivity index (χ4n) is 2.04. The van der Waals surface area contributed by atoms with E-state index in [1.807, 2.05) is 0 Å². The molecule has 0 fully saturated rings. The van der Waals surface area contributed by atoms with Gasteiger partial charge in [-0.05, 0) is 49.7 Å². The fraction of sp³-hybridized carbons (Fsp3) is 0.571. The van der Waals surface area contributed by atoms with Crippen LogP contribution in [0.15, 0.2) is 34.7 Å². The van der Waals surface area contributed by atoms with Crippen molar-refractivity contribution in [2.75, 3.05) is 6.66 Å². The molecule has 2 unspecified atom stereocenters. The van der Waals surface area contributed by atoms with Crippen LogP contribution in [0.4, 0.5) is 0 Å². The normalized spacial score (nSPS) is 20.4. The van der Waals surface area contributed by atoms with E-state index in [1.54, 1.807) is 16.5 Å². The summed E-state index contributed by atoms with van der Waals surface area (Å²) in [5.41, 5.74) is 3.20. The Bertz CT molecular complexity index is 294. The maximum Gasteiger partial charge on any atom is -0.0231 e. The van der Waals surface area contributed by atoms with E-state index in [-0.39, 0.29) is 0 Å². The van der Waals surface area contributed by atoms with Crippen LogP contribution in [0.5, 0.6) is 0 Å². The molecule has 84 valence electrons. The highest BCUT2D eigenvalue weighted by Crippen LogP contribution is 2.35. The summed E-state index contributed by atoms with van der Waals surface area (Å²) < 4.78 is 0. The average Bonchev–Trinajstić information content (AvgIpc) is 2.30. The molecule has 0 spiro atoms. The van der Waals surface area contributed by atoms with Gasteiger partial charge in [0.15, 0.2) is 0 Å². The second-order valence-electron chi connectivity index (χ2n) is 4.20. The molecule has 1 aliphatic carbocycles. The van der Waals surface area contributed by atoms with Crippen LogP contribution in [-0.2, 0) is 0 Å². The summed E-state index contributed by atoms with van der Waals surface area (Å²) in [5, 5.41) is 1.55. The van der Waals surface area contributed by atoms with Gasteiger partial charge in [-0.15, -0.1) is 0 Å². The van der Waals surface area contributed by atoms with Gasteiger partial charge in [0, 0.05) is 0 Å². The lowest BCUT2D eigenvalue weighted by Crippen LogP contribution is -2.02. The lowest BCUT2D eigenvalue weighted by Gasteiger charge is -2.20. The van der Waals surface area contributed by atoms with Gasteiger partial charge >= 0.3 is 0 Å². The highest BCUT2D eigenvalue weighted by molar-refractivity contribution is 7.42. The van der Waals surface area contributed by atoms with E-state index in [0.29, 0.717) is 0 Å². The van der Waals surface area contributed by atoms with E-state index in [9.17, 15) is 0 Å². The average molecular weight is 222 g/mol. The van der Waals surface area contributed by atoms with E-state index in [1.165, 1.54) is 19.3 Å². The molecule has 1 heteroatoms. The summed E-state index contributed by atoms with van der Waals surface area (Å²) >= 11 is 0. The van der Waals surface area contributed by atoms with Gasteiger partial charge in [0.2, 0.25) is 0 Å². The lowest BCUT2D eigenvalue weighted by atomic mass is 9.88. The molecule has 0 aromatic carbocycles. The third-order valence-corrected chi connectivity index (χ3v) is 4.48. The molecular formula is C14H23P. The van der Waals surface area contributed by atoms with Crippen molar-refractivity contribution >= 4 is 8.58 Å². The van der Waals surface area contributed by atoms with Crippen molar-refractivity contribution in [3.63, 3.8) is 0 Å². The van der Waals surface area contributed by atoms with Gasteiger partial charge in [-0.2, -0.15) is 0 Å². The summed E-state index contributed by atoms with van der Waals surface area (Å²) in [6.45, 7) is 9.03. The van der Waals surface area contributed by atoms with Crippen molar-refractivity contribution in [1.82, 2.24) is 0 Å². The minimum atomic E-state index is 0.765. The maximum absolute atomic E-state index is 2.36. The Labute approximate surface area is 96.3 Å². The van der Waals surface area contributed by atoms with Gasteiger partial charge in [-0.25, -0.2) is 0 Å². The molecule has 0 saturated heterocycles. The molecule has 1 rings (SSSR count). The van der Waals surface area contributed by atoms with Gasteiger partial charge in [0.25, 0.3) is 0 Å². The minimum absolute atomic E-state index is 0.765. The third-order valence-electron chi connectivity index (χ3n) is 3.33. The predicted octanol–water partition coefficient (Wildman–Crippen LogP) is 4.89. The van der Waals surface area contributed by atoms with Gasteiger partial charge in [0.1, 0.15) is 0 Å². The second kappa shape index (κ2) is 6.28. The first-order valence-electron chi connectivity index (χ1n) is 5.97. The molecule has 1 aliphatic rings. The van der Waals surface area contributed by atoms with Gasteiger partial charge in [-0.1, -0.05) is 46.2 Å². The van der Waals surface area contributed by atoms with E-state index < -0.39 is 0 Å². The molecule has 0 radical (unpaired) electrons. The lowest BCUT2D eigenvalue weighted by molar-refractivity contribution is 0.618. The zero-order valence-corrected chi connectivity index (χ0v) is 11.4. The number of allylic oxidation sites excluding steroid dienone is 6. The molecule has 0 amide bonds. The first kappa shape index (κ1) is 12.7. The van der Waals surface area contributed by atoms with Crippen LogP contribution >= 0.6 is 8.58 Å². The molecule has 0 aliphatic heterocycles. The number of hydrogen-bond donors (Lipinski definition) is 0. The smallest absolute Gasteiger partial charge is 0.0231 e. The highest BCUT2D eigenvalue weighted by atomic mass is 31.1. The summed E-state index contributed by atoms with van der Waals surface area (Å²) in [6.07, 6.45) is 10.8. The SMILES string of the molecule is C/C=C(\PC)C1=CC=C(C(C)CC)CC1. The molecule has 0 nitrogen and oxygen atoms in total. The second-order valence-corrected chi connectivity index (χ2v) is 5.23. The Morgan fingerprint density at radius 1 is 1.47 bits per heavy atom. The largest absolute Gasteiger partial charge is 0.0937 e. The van der Waals surface area contributed by atoms with Gasteiger partial charge < -0.3 is 0 Å².